The van der Waals surface area contributed by atoms with Gasteiger partial charge in [-0.1, -0.05) is 17.7 Å². The lowest BCUT2D eigenvalue weighted by atomic mass is 9.99. The van der Waals surface area contributed by atoms with Crippen molar-refractivity contribution in [3.05, 3.63) is 53.6 Å². The van der Waals surface area contributed by atoms with Gasteiger partial charge in [-0.15, -0.1) is 0 Å². The van der Waals surface area contributed by atoms with E-state index < -0.39 is 10.0 Å². The first kappa shape index (κ1) is 20.4. The summed E-state index contributed by atoms with van der Waals surface area (Å²) in [6.07, 6.45) is 1.99. The molecule has 7 heteroatoms. The molecule has 1 N–H and O–H groups in total. The monoisotopic (exact) mass is 402 g/mol. The summed E-state index contributed by atoms with van der Waals surface area (Å²) in [4.78, 5) is 14.6. The van der Waals surface area contributed by atoms with Crippen LogP contribution in [0.25, 0.3) is 0 Å². The molecule has 2 aromatic carbocycles. The van der Waals surface area contributed by atoms with Crippen molar-refractivity contribution >= 4 is 21.6 Å². The van der Waals surface area contributed by atoms with Gasteiger partial charge >= 0.3 is 0 Å². The standard InChI is InChI=1S/C21H26N2O4S/c1-3-27-18-7-9-19(10-8-18)28(25,26)22-13-12-21(24)23-14-4-5-17-15-16(2)6-11-20(17)23/h6-11,15,22H,3-5,12-14H2,1-2H3. The highest BCUT2D eigenvalue weighted by molar-refractivity contribution is 7.89. The Morgan fingerprint density at radius 2 is 1.93 bits per heavy atom. The molecule has 1 aliphatic heterocycles. The van der Waals surface area contributed by atoms with E-state index in [9.17, 15) is 13.2 Å². The number of benzene rings is 2. The molecule has 0 aliphatic carbocycles. The molecule has 0 radical (unpaired) electrons. The van der Waals surface area contributed by atoms with Crippen LogP contribution < -0.4 is 14.4 Å². The predicted octanol–water partition coefficient (Wildman–Crippen LogP) is 3.04. The Labute approximate surface area is 166 Å². The fourth-order valence-electron chi connectivity index (χ4n) is 3.38. The first-order valence-electron chi connectivity index (χ1n) is 9.53. The number of rotatable bonds is 7. The van der Waals surface area contributed by atoms with Crippen molar-refractivity contribution in [2.45, 2.75) is 38.0 Å². The van der Waals surface area contributed by atoms with Gasteiger partial charge in [0.1, 0.15) is 5.75 Å². The summed E-state index contributed by atoms with van der Waals surface area (Å²) in [7, 11) is -3.66. The van der Waals surface area contributed by atoms with Crippen molar-refractivity contribution < 1.29 is 17.9 Å². The lowest BCUT2D eigenvalue weighted by Gasteiger charge is -2.30. The SMILES string of the molecule is CCOc1ccc(S(=O)(=O)NCCC(=O)N2CCCc3cc(C)ccc32)cc1. The zero-order valence-corrected chi connectivity index (χ0v) is 17.1. The highest BCUT2D eigenvalue weighted by atomic mass is 32.2. The number of fused-ring (bicyclic) bond motifs is 1. The molecule has 28 heavy (non-hydrogen) atoms. The third kappa shape index (κ3) is 4.72. The lowest BCUT2D eigenvalue weighted by molar-refractivity contribution is -0.118. The van der Waals surface area contributed by atoms with Gasteiger partial charge < -0.3 is 9.64 Å². The number of nitrogens with zero attached hydrogens (tertiary/aromatic N) is 1. The maximum Gasteiger partial charge on any atom is 0.240 e. The predicted molar refractivity (Wildman–Crippen MR) is 109 cm³/mol. The van der Waals surface area contributed by atoms with E-state index in [1.54, 1.807) is 17.0 Å². The average Bonchev–Trinajstić information content (AvgIpc) is 2.67. The molecule has 0 saturated carbocycles. The van der Waals surface area contributed by atoms with Gasteiger partial charge in [-0.3, -0.25) is 4.79 Å². The molecule has 0 aromatic heterocycles. The number of aryl methyl sites for hydroxylation is 2. The number of carbonyl (C=O) groups is 1. The van der Waals surface area contributed by atoms with Gasteiger partial charge in [0.15, 0.2) is 0 Å². The Hall–Kier alpha value is -2.38. The van der Waals surface area contributed by atoms with Gasteiger partial charge in [0.2, 0.25) is 15.9 Å². The topological polar surface area (TPSA) is 75.7 Å². The number of sulfonamides is 1. The van der Waals surface area contributed by atoms with Gasteiger partial charge in [-0.25, -0.2) is 13.1 Å². The van der Waals surface area contributed by atoms with Crippen molar-refractivity contribution in [3.8, 4) is 5.75 Å². The fraction of sp³-hybridized carbons (Fsp3) is 0.381. The summed E-state index contributed by atoms with van der Waals surface area (Å²) in [5, 5.41) is 0. The molecule has 1 amide bonds. The van der Waals surface area contributed by atoms with Gasteiger partial charge in [0, 0.05) is 25.2 Å². The van der Waals surface area contributed by atoms with Crippen LogP contribution in [0, 0.1) is 6.92 Å². The zero-order chi connectivity index (χ0) is 20.1. The van der Waals surface area contributed by atoms with Gasteiger partial charge in [0.25, 0.3) is 0 Å². The van der Waals surface area contributed by atoms with Crippen molar-refractivity contribution in [3.63, 3.8) is 0 Å². The summed E-state index contributed by atoms with van der Waals surface area (Å²) >= 11 is 0. The van der Waals surface area contributed by atoms with E-state index in [2.05, 4.69) is 10.8 Å². The van der Waals surface area contributed by atoms with Crippen LogP contribution in [0.5, 0.6) is 5.75 Å². The molecular formula is C21H26N2O4S. The van der Waals surface area contributed by atoms with E-state index in [4.69, 9.17) is 4.74 Å². The second-order valence-electron chi connectivity index (χ2n) is 6.83. The van der Waals surface area contributed by atoms with Crippen molar-refractivity contribution in [1.29, 1.82) is 0 Å². The number of anilines is 1. The normalized spacial score (nSPS) is 13.9. The van der Waals surface area contributed by atoms with E-state index in [0.717, 1.165) is 18.5 Å². The van der Waals surface area contributed by atoms with Crippen molar-refractivity contribution in [2.75, 3.05) is 24.6 Å². The van der Waals surface area contributed by atoms with Gasteiger partial charge in [0.05, 0.1) is 11.5 Å². The van der Waals surface area contributed by atoms with Crippen molar-refractivity contribution in [2.24, 2.45) is 0 Å². The molecule has 6 nitrogen and oxygen atoms in total. The highest BCUT2D eigenvalue weighted by Gasteiger charge is 2.23. The van der Waals surface area contributed by atoms with E-state index >= 15 is 0 Å². The number of amides is 1. The second kappa shape index (κ2) is 8.75. The molecule has 1 heterocycles. The summed E-state index contributed by atoms with van der Waals surface area (Å²) < 4.78 is 32.7. The molecular weight excluding hydrogens is 376 g/mol. The Balaban J connectivity index is 1.59. The van der Waals surface area contributed by atoms with E-state index in [1.165, 1.54) is 23.3 Å². The minimum absolute atomic E-state index is 0.0616. The van der Waals surface area contributed by atoms with Gasteiger partial charge in [-0.2, -0.15) is 0 Å². The number of ether oxygens (including phenoxy) is 1. The lowest BCUT2D eigenvalue weighted by Crippen LogP contribution is -2.37. The Bertz CT molecular complexity index is 939. The Kier molecular flexibility index (Phi) is 6.36. The molecule has 2 aromatic rings. The number of hydrogen-bond donors (Lipinski definition) is 1. The molecule has 0 saturated heterocycles. The quantitative estimate of drug-likeness (QED) is 0.772. The minimum atomic E-state index is -3.66. The van der Waals surface area contributed by atoms with Crippen LogP contribution in [0.4, 0.5) is 5.69 Å². The fourth-order valence-corrected chi connectivity index (χ4v) is 4.41. The van der Waals surface area contributed by atoms with E-state index in [1.807, 2.05) is 26.0 Å². The van der Waals surface area contributed by atoms with Crippen LogP contribution >= 0.6 is 0 Å². The second-order valence-corrected chi connectivity index (χ2v) is 8.60. The highest BCUT2D eigenvalue weighted by Crippen LogP contribution is 2.28. The maximum absolute atomic E-state index is 12.7. The summed E-state index contributed by atoms with van der Waals surface area (Å²) in [5.41, 5.74) is 3.29. The first-order valence-corrected chi connectivity index (χ1v) is 11.0. The summed E-state index contributed by atoms with van der Waals surface area (Å²) in [6.45, 7) is 5.15. The molecule has 3 rings (SSSR count). The van der Waals surface area contributed by atoms with E-state index in [-0.39, 0.29) is 23.8 Å². The first-order chi connectivity index (χ1) is 13.4. The summed E-state index contributed by atoms with van der Waals surface area (Å²) in [6, 6.07) is 12.3. The van der Waals surface area contributed by atoms with Gasteiger partial charge in [-0.05, 0) is 62.6 Å². The Morgan fingerprint density at radius 3 is 2.64 bits per heavy atom. The number of carbonyl (C=O) groups excluding carboxylic acids is 1. The number of nitrogens with one attached hydrogen (secondary N) is 1. The maximum atomic E-state index is 12.7. The molecule has 0 bridgehead atoms. The van der Waals surface area contributed by atoms with Crippen LogP contribution in [0.1, 0.15) is 30.9 Å². The Morgan fingerprint density at radius 1 is 1.18 bits per heavy atom. The minimum Gasteiger partial charge on any atom is -0.494 e. The third-order valence-corrected chi connectivity index (χ3v) is 6.21. The molecule has 0 atom stereocenters. The summed E-state index contributed by atoms with van der Waals surface area (Å²) in [5.74, 6) is 0.551. The van der Waals surface area contributed by atoms with Crippen LogP contribution in [0.2, 0.25) is 0 Å². The average molecular weight is 403 g/mol. The molecule has 0 spiro atoms. The molecule has 0 unspecified atom stereocenters. The third-order valence-electron chi connectivity index (χ3n) is 4.73. The molecule has 150 valence electrons. The molecule has 0 fully saturated rings. The van der Waals surface area contributed by atoms with Crippen LogP contribution in [0.15, 0.2) is 47.4 Å². The smallest absolute Gasteiger partial charge is 0.240 e. The van der Waals surface area contributed by atoms with Crippen LogP contribution in [-0.2, 0) is 21.2 Å². The van der Waals surface area contributed by atoms with Crippen LogP contribution in [-0.4, -0.2) is 34.0 Å². The van der Waals surface area contributed by atoms with Crippen molar-refractivity contribution in [1.82, 2.24) is 4.72 Å². The number of hydrogen-bond acceptors (Lipinski definition) is 4. The largest absolute Gasteiger partial charge is 0.494 e. The zero-order valence-electron chi connectivity index (χ0n) is 16.3. The van der Waals surface area contributed by atoms with E-state index in [0.29, 0.717) is 18.9 Å². The van der Waals surface area contributed by atoms with Crippen LogP contribution in [0.3, 0.4) is 0 Å². The molecule has 1 aliphatic rings.